The van der Waals surface area contributed by atoms with Crippen LogP contribution in [-0.4, -0.2) is 37.4 Å². The van der Waals surface area contributed by atoms with Crippen LogP contribution in [0.15, 0.2) is 22.9 Å². The molecule has 1 amide bonds. The van der Waals surface area contributed by atoms with Crippen molar-refractivity contribution < 1.29 is 4.79 Å². The molecule has 0 saturated carbocycles. The topological polar surface area (TPSA) is 56.0 Å². The van der Waals surface area contributed by atoms with Gasteiger partial charge in [-0.2, -0.15) is 10.2 Å². The number of aromatic nitrogens is 4. The molecule has 2 heterocycles. The van der Waals surface area contributed by atoms with Gasteiger partial charge in [-0.3, -0.25) is 14.2 Å². The lowest BCUT2D eigenvalue weighted by molar-refractivity contribution is -0.133. The molecular formula is C14H20BrN5O. The van der Waals surface area contributed by atoms with Gasteiger partial charge in [-0.15, -0.1) is 0 Å². The van der Waals surface area contributed by atoms with Gasteiger partial charge >= 0.3 is 0 Å². The van der Waals surface area contributed by atoms with Gasteiger partial charge in [-0.1, -0.05) is 0 Å². The molecule has 1 atom stereocenters. The van der Waals surface area contributed by atoms with E-state index in [1.807, 2.05) is 37.7 Å². The maximum atomic E-state index is 12.5. The standard InChI is InChI=1S/C14H20BrN5O/c1-5-19-12(6-7-16-19)8-18(4)14(21)11(3)20-9-13(15)10(2)17-20/h6-7,9,11H,5,8H2,1-4H3. The lowest BCUT2D eigenvalue weighted by Gasteiger charge is -2.22. The van der Waals surface area contributed by atoms with Crippen molar-refractivity contribution in [1.82, 2.24) is 24.5 Å². The monoisotopic (exact) mass is 353 g/mol. The van der Waals surface area contributed by atoms with Crippen molar-refractivity contribution in [3.8, 4) is 0 Å². The van der Waals surface area contributed by atoms with E-state index >= 15 is 0 Å². The van der Waals surface area contributed by atoms with Crippen molar-refractivity contribution in [3.05, 3.63) is 34.3 Å². The van der Waals surface area contributed by atoms with Gasteiger partial charge in [0.2, 0.25) is 5.91 Å². The largest absolute Gasteiger partial charge is 0.338 e. The van der Waals surface area contributed by atoms with E-state index in [1.54, 1.807) is 22.8 Å². The molecular weight excluding hydrogens is 334 g/mol. The Morgan fingerprint density at radius 3 is 2.81 bits per heavy atom. The molecule has 0 N–H and O–H groups in total. The van der Waals surface area contributed by atoms with Crippen LogP contribution in [0.3, 0.4) is 0 Å². The number of hydrogen-bond donors (Lipinski definition) is 0. The predicted molar refractivity (Wildman–Crippen MR) is 83.8 cm³/mol. The second-order valence-electron chi connectivity index (χ2n) is 5.05. The number of carbonyl (C=O) groups excluding carboxylic acids is 1. The SMILES string of the molecule is CCn1nccc1CN(C)C(=O)C(C)n1cc(Br)c(C)n1. The Balaban J connectivity index is 2.08. The van der Waals surface area contributed by atoms with Crippen LogP contribution < -0.4 is 0 Å². The summed E-state index contributed by atoms with van der Waals surface area (Å²) in [5, 5.41) is 8.57. The first kappa shape index (κ1) is 15.8. The number of carbonyl (C=O) groups is 1. The third-order valence-electron chi connectivity index (χ3n) is 3.49. The number of aryl methyl sites for hydroxylation is 2. The predicted octanol–water partition coefficient (Wildman–Crippen LogP) is 2.39. The highest BCUT2D eigenvalue weighted by Crippen LogP contribution is 2.18. The van der Waals surface area contributed by atoms with Crippen LogP contribution >= 0.6 is 15.9 Å². The molecule has 0 aliphatic rings. The molecule has 2 aromatic heterocycles. The normalized spacial score (nSPS) is 12.4. The molecule has 0 bridgehead atoms. The van der Waals surface area contributed by atoms with Gasteiger partial charge in [0, 0.05) is 26.0 Å². The molecule has 0 aliphatic carbocycles. The molecule has 2 rings (SSSR count). The number of amides is 1. The average molecular weight is 354 g/mol. The maximum absolute atomic E-state index is 12.5. The second kappa shape index (κ2) is 6.43. The molecule has 0 fully saturated rings. The fourth-order valence-electron chi connectivity index (χ4n) is 2.19. The Morgan fingerprint density at radius 2 is 2.24 bits per heavy atom. The third-order valence-corrected chi connectivity index (χ3v) is 4.27. The number of nitrogens with zero attached hydrogens (tertiary/aromatic N) is 5. The Hall–Kier alpha value is -1.63. The molecule has 21 heavy (non-hydrogen) atoms. The lowest BCUT2D eigenvalue weighted by atomic mass is 10.3. The molecule has 6 nitrogen and oxygen atoms in total. The maximum Gasteiger partial charge on any atom is 0.247 e. The van der Waals surface area contributed by atoms with Gasteiger partial charge < -0.3 is 4.90 Å². The van der Waals surface area contributed by atoms with E-state index in [2.05, 4.69) is 26.1 Å². The molecule has 0 aromatic carbocycles. The van der Waals surface area contributed by atoms with Crippen molar-refractivity contribution in [3.63, 3.8) is 0 Å². The van der Waals surface area contributed by atoms with Gasteiger partial charge in [0.25, 0.3) is 0 Å². The van der Waals surface area contributed by atoms with Gasteiger partial charge in [-0.05, 0) is 42.8 Å². The van der Waals surface area contributed by atoms with E-state index in [4.69, 9.17) is 0 Å². The second-order valence-corrected chi connectivity index (χ2v) is 5.91. The fraction of sp³-hybridized carbons (Fsp3) is 0.500. The average Bonchev–Trinajstić information content (AvgIpc) is 3.04. The van der Waals surface area contributed by atoms with Crippen molar-refractivity contribution in [1.29, 1.82) is 0 Å². The summed E-state index contributed by atoms with van der Waals surface area (Å²) >= 11 is 3.42. The zero-order valence-electron chi connectivity index (χ0n) is 12.7. The minimum absolute atomic E-state index is 0.0221. The Kier molecular flexibility index (Phi) is 4.82. The summed E-state index contributed by atoms with van der Waals surface area (Å²) in [7, 11) is 1.80. The van der Waals surface area contributed by atoms with Gasteiger partial charge in [0.15, 0.2) is 0 Å². The van der Waals surface area contributed by atoms with Crippen LogP contribution in [0.5, 0.6) is 0 Å². The van der Waals surface area contributed by atoms with Crippen LogP contribution in [-0.2, 0) is 17.9 Å². The van der Waals surface area contributed by atoms with Crippen molar-refractivity contribution in [2.45, 2.75) is 39.9 Å². The minimum atomic E-state index is -0.335. The number of hydrogen-bond acceptors (Lipinski definition) is 3. The van der Waals surface area contributed by atoms with E-state index in [-0.39, 0.29) is 11.9 Å². The summed E-state index contributed by atoms with van der Waals surface area (Å²) < 4.78 is 4.49. The molecule has 2 aromatic rings. The molecule has 7 heteroatoms. The Bertz CT molecular complexity index is 614. The van der Waals surface area contributed by atoms with Crippen LogP contribution in [0.1, 0.15) is 31.3 Å². The lowest BCUT2D eigenvalue weighted by Crippen LogP contribution is -2.33. The first-order valence-electron chi connectivity index (χ1n) is 6.91. The van der Waals surface area contributed by atoms with E-state index in [1.165, 1.54) is 0 Å². The summed E-state index contributed by atoms with van der Waals surface area (Å²) in [6.07, 6.45) is 3.59. The highest BCUT2D eigenvalue weighted by atomic mass is 79.9. The molecule has 0 spiro atoms. The van der Waals surface area contributed by atoms with Gasteiger partial charge in [0.05, 0.1) is 22.4 Å². The summed E-state index contributed by atoms with van der Waals surface area (Å²) in [6, 6.07) is 1.60. The number of rotatable bonds is 5. The van der Waals surface area contributed by atoms with E-state index in [0.717, 1.165) is 22.4 Å². The quantitative estimate of drug-likeness (QED) is 0.829. The fourth-order valence-corrected chi connectivity index (χ4v) is 2.48. The molecule has 114 valence electrons. The summed E-state index contributed by atoms with van der Waals surface area (Å²) in [4.78, 5) is 14.2. The van der Waals surface area contributed by atoms with Crippen molar-refractivity contribution in [2.24, 2.45) is 0 Å². The zero-order chi connectivity index (χ0) is 15.6. The highest BCUT2D eigenvalue weighted by Gasteiger charge is 2.21. The first-order chi connectivity index (χ1) is 9.93. The smallest absolute Gasteiger partial charge is 0.247 e. The third kappa shape index (κ3) is 3.34. The van der Waals surface area contributed by atoms with Crippen molar-refractivity contribution in [2.75, 3.05) is 7.05 Å². The van der Waals surface area contributed by atoms with Crippen LogP contribution in [0.4, 0.5) is 0 Å². The summed E-state index contributed by atoms with van der Waals surface area (Å²) in [6.45, 7) is 7.13. The van der Waals surface area contributed by atoms with Gasteiger partial charge in [0.1, 0.15) is 6.04 Å². The molecule has 0 aliphatic heterocycles. The summed E-state index contributed by atoms with van der Waals surface area (Å²) in [5.41, 5.74) is 1.90. The van der Waals surface area contributed by atoms with Gasteiger partial charge in [-0.25, -0.2) is 0 Å². The van der Waals surface area contributed by atoms with E-state index < -0.39 is 0 Å². The Labute approximate surface area is 132 Å². The summed E-state index contributed by atoms with van der Waals surface area (Å²) in [5.74, 6) is 0.0221. The van der Waals surface area contributed by atoms with Crippen LogP contribution in [0, 0.1) is 6.92 Å². The highest BCUT2D eigenvalue weighted by molar-refractivity contribution is 9.10. The number of likely N-dealkylation sites (N-methyl/N-ethyl adjacent to an activating group) is 1. The van der Waals surface area contributed by atoms with Crippen molar-refractivity contribution >= 4 is 21.8 Å². The minimum Gasteiger partial charge on any atom is -0.338 e. The van der Waals surface area contributed by atoms with E-state index in [0.29, 0.717) is 6.54 Å². The van der Waals surface area contributed by atoms with E-state index in [9.17, 15) is 4.79 Å². The van der Waals surface area contributed by atoms with Crippen LogP contribution in [0.2, 0.25) is 0 Å². The molecule has 0 saturated heterocycles. The van der Waals surface area contributed by atoms with Crippen LogP contribution in [0.25, 0.3) is 0 Å². The number of halogens is 1. The zero-order valence-corrected chi connectivity index (χ0v) is 14.3. The Morgan fingerprint density at radius 1 is 1.52 bits per heavy atom. The first-order valence-corrected chi connectivity index (χ1v) is 7.70. The molecule has 1 unspecified atom stereocenters. The molecule has 0 radical (unpaired) electrons.